The van der Waals surface area contributed by atoms with E-state index in [0.717, 1.165) is 0 Å². The lowest BCUT2D eigenvalue weighted by atomic mass is 10.2. The summed E-state index contributed by atoms with van der Waals surface area (Å²) in [5.74, 6) is -0.244. The van der Waals surface area contributed by atoms with Crippen molar-refractivity contribution in [2.24, 2.45) is 0 Å². The summed E-state index contributed by atoms with van der Waals surface area (Å²) in [4.78, 5) is 11.5. The number of hydrogen-bond acceptors (Lipinski definition) is 3. The Hall–Kier alpha value is -1.26. The molecular weight excluding hydrogens is 216 g/mol. The molecule has 0 spiro atoms. The fourth-order valence-electron chi connectivity index (χ4n) is 0.989. The first-order chi connectivity index (χ1) is 7.04. The number of rotatable bonds is 3. The molecule has 1 unspecified atom stereocenters. The van der Waals surface area contributed by atoms with Crippen LogP contribution in [0.1, 0.15) is 6.92 Å². The van der Waals surface area contributed by atoms with Crippen molar-refractivity contribution in [1.29, 1.82) is 0 Å². The quantitative estimate of drug-likeness (QED) is 0.777. The van der Waals surface area contributed by atoms with Crippen LogP contribution in [0, 0.1) is 0 Å². The van der Waals surface area contributed by atoms with E-state index in [4.69, 9.17) is 22.1 Å². The van der Waals surface area contributed by atoms with Crippen LogP contribution >= 0.6 is 11.6 Å². The lowest BCUT2D eigenvalue weighted by Gasteiger charge is -2.12. The molecule has 0 saturated heterocycles. The SMILES string of the molecule is COC(C)C(=O)Nc1ccc(Cl)cc1N. The zero-order valence-corrected chi connectivity index (χ0v) is 9.34. The molecule has 0 aliphatic rings. The van der Waals surface area contributed by atoms with Crippen LogP contribution in [-0.2, 0) is 9.53 Å². The van der Waals surface area contributed by atoms with E-state index in [1.54, 1.807) is 25.1 Å². The van der Waals surface area contributed by atoms with Crippen LogP contribution in [-0.4, -0.2) is 19.1 Å². The van der Waals surface area contributed by atoms with Crippen molar-refractivity contribution in [2.75, 3.05) is 18.2 Å². The van der Waals surface area contributed by atoms with Crippen LogP contribution in [0.5, 0.6) is 0 Å². The van der Waals surface area contributed by atoms with Gasteiger partial charge in [-0.2, -0.15) is 0 Å². The summed E-state index contributed by atoms with van der Waals surface area (Å²) in [5, 5.41) is 3.17. The topological polar surface area (TPSA) is 64.3 Å². The van der Waals surface area contributed by atoms with Gasteiger partial charge in [-0.15, -0.1) is 0 Å². The number of nitrogens with two attached hydrogens (primary N) is 1. The first-order valence-corrected chi connectivity index (χ1v) is 4.81. The summed E-state index contributed by atoms with van der Waals surface area (Å²) in [6.07, 6.45) is -0.514. The maximum atomic E-state index is 11.5. The average Bonchev–Trinajstić information content (AvgIpc) is 2.20. The summed E-state index contributed by atoms with van der Waals surface area (Å²) in [6, 6.07) is 4.89. The number of methoxy groups -OCH3 is 1. The van der Waals surface area contributed by atoms with Crippen molar-refractivity contribution in [2.45, 2.75) is 13.0 Å². The predicted octanol–water partition coefficient (Wildman–Crippen LogP) is 1.90. The number of carbonyl (C=O) groups excluding carboxylic acids is 1. The third-order valence-electron chi connectivity index (χ3n) is 1.99. The van der Waals surface area contributed by atoms with E-state index in [1.807, 2.05) is 0 Å². The van der Waals surface area contributed by atoms with E-state index in [-0.39, 0.29) is 5.91 Å². The molecule has 4 nitrogen and oxygen atoms in total. The summed E-state index contributed by atoms with van der Waals surface area (Å²) in [6.45, 7) is 1.65. The smallest absolute Gasteiger partial charge is 0.253 e. The van der Waals surface area contributed by atoms with E-state index in [1.165, 1.54) is 7.11 Å². The lowest BCUT2D eigenvalue weighted by Crippen LogP contribution is -2.26. The Balaban J connectivity index is 2.77. The van der Waals surface area contributed by atoms with Crippen molar-refractivity contribution in [3.05, 3.63) is 23.2 Å². The molecular formula is C10H13ClN2O2. The molecule has 0 aliphatic heterocycles. The van der Waals surface area contributed by atoms with E-state index in [0.29, 0.717) is 16.4 Å². The zero-order valence-electron chi connectivity index (χ0n) is 8.58. The Bertz CT molecular complexity index is 368. The number of benzene rings is 1. The van der Waals surface area contributed by atoms with E-state index in [2.05, 4.69) is 5.32 Å². The molecule has 1 rings (SSSR count). The van der Waals surface area contributed by atoms with Crippen molar-refractivity contribution in [3.63, 3.8) is 0 Å². The van der Waals surface area contributed by atoms with Gasteiger partial charge in [-0.3, -0.25) is 4.79 Å². The number of amides is 1. The van der Waals surface area contributed by atoms with Gasteiger partial charge in [-0.1, -0.05) is 11.6 Å². The maximum absolute atomic E-state index is 11.5. The molecule has 15 heavy (non-hydrogen) atoms. The molecule has 3 N–H and O–H groups in total. The fraction of sp³-hybridized carbons (Fsp3) is 0.300. The first-order valence-electron chi connectivity index (χ1n) is 4.43. The monoisotopic (exact) mass is 228 g/mol. The number of ether oxygens (including phenoxy) is 1. The Morgan fingerprint density at radius 1 is 1.60 bits per heavy atom. The van der Waals surface area contributed by atoms with Gasteiger partial charge in [-0.05, 0) is 25.1 Å². The molecule has 0 bridgehead atoms. The van der Waals surface area contributed by atoms with Gasteiger partial charge in [-0.25, -0.2) is 0 Å². The van der Waals surface area contributed by atoms with Gasteiger partial charge < -0.3 is 15.8 Å². The van der Waals surface area contributed by atoms with Crippen LogP contribution in [0.2, 0.25) is 5.02 Å². The van der Waals surface area contributed by atoms with Crippen LogP contribution in [0.25, 0.3) is 0 Å². The number of nitrogens with one attached hydrogen (secondary N) is 1. The van der Waals surface area contributed by atoms with Gasteiger partial charge in [0.25, 0.3) is 5.91 Å². The lowest BCUT2D eigenvalue weighted by molar-refractivity contribution is -0.124. The highest BCUT2D eigenvalue weighted by molar-refractivity contribution is 6.31. The van der Waals surface area contributed by atoms with Crippen molar-refractivity contribution >= 4 is 28.9 Å². The van der Waals surface area contributed by atoms with Crippen LogP contribution in [0.3, 0.4) is 0 Å². The number of anilines is 2. The Labute approximate surface area is 93.4 Å². The van der Waals surface area contributed by atoms with E-state index >= 15 is 0 Å². The molecule has 82 valence electrons. The number of hydrogen-bond donors (Lipinski definition) is 2. The molecule has 5 heteroatoms. The van der Waals surface area contributed by atoms with Crippen LogP contribution in [0.4, 0.5) is 11.4 Å². The molecule has 0 radical (unpaired) electrons. The number of carbonyl (C=O) groups is 1. The van der Waals surface area contributed by atoms with Crippen LogP contribution < -0.4 is 11.1 Å². The molecule has 1 aromatic rings. The zero-order chi connectivity index (χ0) is 11.4. The second-order valence-corrected chi connectivity index (χ2v) is 3.54. The summed E-state index contributed by atoms with van der Waals surface area (Å²) < 4.78 is 4.87. The summed E-state index contributed by atoms with van der Waals surface area (Å²) in [5.41, 5.74) is 6.64. The Morgan fingerprint density at radius 2 is 2.27 bits per heavy atom. The fourth-order valence-corrected chi connectivity index (χ4v) is 1.17. The largest absolute Gasteiger partial charge is 0.397 e. The minimum atomic E-state index is -0.514. The second-order valence-electron chi connectivity index (χ2n) is 3.10. The van der Waals surface area contributed by atoms with Gasteiger partial charge in [0.05, 0.1) is 11.4 Å². The second kappa shape index (κ2) is 5.00. The highest BCUT2D eigenvalue weighted by atomic mass is 35.5. The minimum absolute atomic E-state index is 0.244. The summed E-state index contributed by atoms with van der Waals surface area (Å²) in [7, 11) is 1.47. The third kappa shape index (κ3) is 3.11. The first kappa shape index (κ1) is 11.8. The maximum Gasteiger partial charge on any atom is 0.253 e. The molecule has 0 heterocycles. The standard InChI is InChI=1S/C10H13ClN2O2/c1-6(15-2)10(14)13-9-4-3-7(11)5-8(9)12/h3-6H,12H2,1-2H3,(H,13,14). The number of nitrogen functional groups attached to an aromatic ring is 1. The van der Waals surface area contributed by atoms with E-state index in [9.17, 15) is 4.79 Å². The number of halogens is 1. The third-order valence-corrected chi connectivity index (χ3v) is 2.23. The molecule has 1 aromatic carbocycles. The van der Waals surface area contributed by atoms with Gasteiger partial charge >= 0.3 is 0 Å². The van der Waals surface area contributed by atoms with Crippen molar-refractivity contribution in [1.82, 2.24) is 0 Å². The normalized spacial score (nSPS) is 12.2. The van der Waals surface area contributed by atoms with E-state index < -0.39 is 6.10 Å². The molecule has 0 aromatic heterocycles. The molecule has 0 saturated carbocycles. The minimum Gasteiger partial charge on any atom is -0.397 e. The average molecular weight is 229 g/mol. The highest BCUT2D eigenvalue weighted by Crippen LogP contribution is 2.22. The molecule has 0 aliphatic carbocycles. The van der Waals surface area contributed by atoms with Gasteiger partial charge in [0.1, 0.15) is 6.10 Å². The van der Waals surface area contributed by atoms with Crippen molar-refractivity contribution < 1.29 is 9.53 Å². The molecule has 0 fully saturated rings. The Kier molecular flexibility index (Phi) is 3.94. The molecule has 1 atom stereocenters. The predicted molar refractivity (Wildman–Crippen MR) is 61.0 cm³/mol. The van der Waals surface area contributed by atoms with Gasteiger partial charge in [0.2, 0.25) is 0 Å². The van der Waals surface area contributed by atoms with Gasteiger partial charge in [0.15, 0.2) is 0 Å². The van der Waals surface area contributed by atoms with Crippen LogP contribution in [0.15, 0.2) is 18.2 Å². The Morgan fingerprint density at radius 3 is 2.80 bits per heavy atom. The summed E-state index contributed by atoms with van der Waals surface area (Å²) >= 11 is 5.73. The highest BCUT2D eigenvalue weighted by Gasteiger charge is 2.12. The van der Waals surface area contributed by atoms with Crippen molar-refractivity contribution in [3.8, 4) is 0 Å². The molecule has 1 amide bonds. The van der Waals surface area contributed by atoms with Gasteiger partial charge in [0, 0.05) is 12.1 Å².